The molecule has 1 aromatic carbocycles. The normalized spacial score (nSPS) is 10.0. The molecule has 0 unspecified atom stereocenters. The number of rotatable bonds is 2. The topological polar surface area (TPSA) is 55.0 Å². The molecule has 0 aliphatic rings. The average Bonchev–Trinajstić information content (AvgIpc) is 2.45. The summed E-state index contributed by atoms with van der Waals surface area (Å²) in [7, 11) is 3.28. The van der Waals surface area contributed by atoms with E-state index in [1.807, 2.05) is 37.3 Å². The molecule has 2 rings (SSSR count). The first-order valence-corrected chi connectivity index (χ1v) is 5.83. The second kappa shape index (κ2) is 4.99. The molecule has 0 spiro atoms. The summed E-state index contributed by atoms with van der Waals surface area (Å²) in [5.74, 6) is 0.770. The van der Waals surface area contributed by atoms with Gasteiger partial charge in [-0.3, -0.25) is 4.79 Å². The molecule has 19 heavy (non-hydrogen) atoms. The van der Waals surface area contributed by atoms with Gasteiger partial charge >= 0.3 is 0 Å². The average molecular weight is 254 g/mol. The minimum Gasteiger partial charge on any atom is -0.497 e. The Morgan fingerprint density at radius 3 is 2.42 bits per heavy atom. The SMILES string of the molecule is COc1ccc(-c2cc(C#N)c(=O)n(C)c2C)cc1. The third-order valence-corrected chi connectivity index (χ3v) is 3.24. The molecule has 1 aromatic heterocycles. The standard InChI is InChI=1S/C15H14N2O2/c1-10-14(8-12(9-16)15(18)17(10)2)11-4-6-13(19-3)7-5-11/h4-8H,1-3H3. The minimum absolute atomic E-state index is 0.152. The molecule has 2 aromatic rings. The summed E-state index contributed by atoms with van der Waals surface area (Å²) in [5.41, 5.74) is 2.54. The molecule has 0 saturated heterocycles. The maximum Gasteiger partial charge on any atom is 0.268 e. The van der Waals surface area contributed by atoms with Crippen LogP contribution < -0.4 is 10.3 Å². The molecular weight excluding hydrogens is 240 g/mol. The van der Waals surface area contributed by atoms with Crippen LogP contribution in [0.3, 0.4) is 0 Å². The van der Waals surface area contributed by atoms with Gasteiger partial charge in [-0.05, 0) is 30.7 Å². The van der Waals surface area contributed by atoms with Crippen molar-refractivity contribution in [2.45, 2.75) is 6.92 Å². The van der Waals surface area contributed by atoms with Crippen molar-refractivity contribution in [3.05, 3.63) is 51.9 Å². The van der Waals surface area contributed by atoms with E-state index in [0.717, 1.165) is 22.6 Å². The fourth-order valence-corrected chi connectivity index (χ4v) is 1.97. The Labute approximate surface area is 111 Å². The van der Waals surface area contributed by atoms with Gasteiger partial charge in [0, 0.05) is 18.3 Å². The van der Waals surface area contributed by atoms with Crippen LogP contribution >= 0.6 is 0 Å². The Morgan fingerprint density at radius 2 is 1.89 bits per heavy atom. The van der Waals surface area contributed by atoms with Crippen molar-refractivity contribution < 1.29 is 4.74 Å². The van der Waals surface area contributed by atoms with Gasteiger partial charge in [-0.2, -0.15) is 5.26 Å². The second-order valence-corrected chi connectivity index (χ2v) is 4.26. The van der Waals surface area contributed by atoms with Crippen molar-refractivity contribution in [2.24, 2.45) is 7.05 Å². The number of benzene rings is 1. The lowest BCUT2D eigenvalue weighted by Crippen LogP contribution is -2.22. The molecule has 0 N–H and O–H groups in total. The molecule has 0 saturated carbocycles. The highest BCUT2D eigenvalue weighted by molar-refractivity contribution is 5.68. The van der Waals surface area contributed by atoms with Crippen LogP contribution in [-0.2, 0) is 7.05 Å². The monoisotopic (exact) mass is 254 g/mol. The van der Waals surface area contributed by atoms with Gasteiger partial charge in [0.15, 0.2) is 0 Å². The predicted octanol–water partition coefficient (Wildman–Crippen LogP) is 2.24. The molecule has 4 nitrogen and oxygen atoms in total. The lowest BCUT2D eigenvalue weighted by Gasteiger charge is -2.11. The van der Waals surface area contributed by atoms with Crippen LogP contribution in [0.1, 0.15) is 11.3 Å². The quantitative estimate of drug-likeness (QED) is 0.825. The molecule has 1 heterocycles. The summed E-state index contributed by atoms with van der Waals surface area (Å²) in [6.07, 6.45) is 0. The number of aromatic nitrogens is 1. The molecule has 0 amide bonds. The maximum absolute atomic E-state index is 11.8. The molecular formula is C15H14N2O2. The fraction of sp³-hybridized carbons (Fsp3) is 0.200. The van der Waals surface area contributed by atoms with Crippen LogP contribution in [0.4, 0.5) is 0 Å². The van der Waals surface area contributed by atoms with E-state index in [0.29, 0.717) is 0 Å². The van der Waals surface area contributed by atoms with Crippen molar-refractivity contribution in [3.63, 3.8) is 0 Å². The van der Waals surface area contributed by atoms with E-state index in [2.05, 4.69) is 0 Å². The second-order valence-electron chi connectivity index (χ2n) is 4.26. The van der Waals surface area contributed by atoms with Crippen molar-refractivity contribution in [2.75, 3.05) is 7.11 Å². The molecule has 0 fully saturated rings. The van der Waals surface area contributed by atoms with E-state index in [1.54, 1.807) is 20.2 Å². The number of ether oxygens (including phenoxy) is 1. The smallest absolute Gasteiger partial charge is 0.268 e. The van der Waals surface area contributed by atoms with E-state index < -0.39 is 0 Å². The van der Waals surface area contributed by atoms with Crippen LogP contribution in [0.15, 0.2) is 35.1 Å². The third kappa shape index (κ3) is 2.23. The minimum atomic E-state index is -0.266. The number of hydrogen-bond acceptors (Lipinski definition) is 3. The van der Waals surface area contributed by atoms with Crippen molar-refractivity contribution >= 4 is 0 Å². The number of nitriles is 1. The van der Waals surface area contributed by atoms with Gasteiger partial charge < -0.3 is 9.30 Å². The van der Waals surface area contributed by atoms with E-state index in [4.69, 9.17) is 10.00 Å². The zero-order valence-electron chi connectivity index (χ0n) is 11.1. The molecule has 0 radical (unpaired) electrons. The molecule has 0 aliphatic carbocycles. The summed E-state index contributed by atoms with van der Waals surface area (Å²) in [4.78, 5) is 11.8. The van der Waals surface area contributed by atoms with Crippen molar-refractivity contribution in [1.82, 2.24) is 4.57 Å². The summed E-state index contributed by atoms with van der Waals surface area (Å²) < 4.78 is 6.61. The van der Waals surface area contributed by atoms with Crippen LogP contribution in [0.2, 0.25) is 0 Å². The summed E-state index contributed by atoms with van der Waals surface area (Å²) in [6, 6.07) is 11.1. The number of pyridine rings is 1. The fourth-order valence-electron chi connectivity index (χ4n) is 1.97. The highest BCUT2D eigenvalue weighted by atomic mass is 16.5. The zero-order valence-corrected chi connectivity index (χ0v) is 11.1. The van der Waals surface area contributed by atoms with Crippen LogP contribution in [-0.4, -0.2) is 11.7 Å². The highest BCUT2D eigenvalue weighted by Gasteiger charge is 2.10. The van der Waals surface area contributed by atoms with Crippen LogP contribution in [0.5, 0.6) is 5.75 Å². The van der Waals surface area contributed by atoms with E-state index in [9.17, 15) is 4.79 Å². The summed E-state index contributed by atoms with van der Waals surface area (Å²) in [6.45, 7) is 1.86. The predicted molar refractivity (Wildman–Crippen MR) is 73.1 cm³/mol. The van der Waals surface area contributed by atoms with Crippen LogP contribution in [0.25, 0.3) is 11.1 Å². The Balaban J connectivity index is 2.65. The molecule has 4 heteroatoms. The highest BCUT2D eigenvalue weighted by Crippen LogP contribution is 2.25. The van der Waals surface area contributed by atoms with E-state index in [1.165, 1.54) is 4.57 Å². The largest absolute Gasteiger partial charge is 0.497 e. The van der Waals surface area contributed by atoms with Gasteiger partial charge in [0.05, 0.1) is 7.11 Å². The van der Waals surface area contributed by atoms with Gasteiger partial charge in [-0.1, -0.05) is 12.1 Å². The first-order chi connectivity index (χ1) is 9.08. The van der Waals surface area contributed by atoms with Gasteiger partial charge in [-0.25, -0.2) is 0 Å². The Hall–Kier alpha value is -2.54. The molecule has 0 atom stereocenters. The lowest BCUT2D eigenvalue weighted by atomic mass is 10.0. The van der Waals surface area contributed by atoms with Crippen molar-refractivity contribution in [3.8, 4) is 22.9 Å². The molecule has 0 aliphatic heterocycles. The number of nitrogens with zero attached hydrogens (tertiary/aromatic N) is 2. The van der Waals surface area contributed by atoms with Gasteiger partial charge in [-0.15, -0.1) is 0 Å². The van der Waals surface area contributed by atoms with Gasteiger partial charge in [0.1, 0.15) is 17.4 Å². The third-order valence-electron chi connectivity index (χ3n) is 3.24. The number of methoxy groups -OCH3 is 1. The number of hydrogen-bond donors (Lipinski definition) is 0. The Bertz CT molecular complexity index is 707. The first kappa shape index (κ1) is 12.9. The van der Waals surface area contributed by atoms with Gasteiger partial charge in [0.2, 0.25) is 0 Å². The van der Waals surface area contributed by atoms with Crippen LogP contribution in [0, 0.1) is 18.3 Å². The van der Waals surface area contributed by atoms with Gasteiger partial charge in [0.25, 0.3) is 5.56 Å². The summed E-state index contributed by atoms with van der Waals surface area (Å²) >= 11 is 0. The lowest BCUT2D eigenvalue weighted by molar-refractivity contribution is 0.415. The Morgan fingerprint density at radius 1 is 1.26 bits per heavy atom. The van der Waals surface area contributed by atoms with E-state index >= 15 is 0 Å². The first-order valence-electron chi connectivity index (χ1n) is 5.83. The van der Waals surface area contributed by atoms with Crippen molar-refractivity contribution in [1.29, 1.82) is 5.26 Å². The zero-order chi connectivity index (χ0) is 14.0. The molecule has 0 bridgehead atoms. The maximum atomic E-state index is 11.8. The summed E-state index contributed by atoms with van der Waals surface area (Å²) in [5, 5.41) is 9.00. The van der Waals surface area contributed by atoms with E-state index in [-0.39, 0.29) is 11.1 Å². The Kier molecular flexibility index (Phi) is 3.39. The molecule has 96 valence electrons.